The Morgan fingerprint density at radius 2 is 2.17 bits per heavy atom. The van der Waals surface area contributed by atoms with Gasteiger partial charge in [0, 0.05) is 29.7 Å². The van der Waals surface area contributed by atoms with Gasteiger partial charge in [-0.1, -0.05) is 18.2 Å². The molecule has 3 nitrogen and oxygen atoms in total. The SMILES string of the molecule is O=C(NC1CSC2CCCN1C2)c1ccccc1. The average molecular weight is 262 g/mol. The molecule has 0 spiro atoms. The molecule has 1 aromatic carbocycles. The van der Waals surface area contributed by atoms with Crippen molar-refractivity contribution in [1.82, 2.24) is 10.2 Å². The molecule has 4 heteroatoms. The lowest BCUT2D eigenvalue weighted by molar-refractivity contribution is 0.0836. The Morgan fingerprint density at radius 3 is 3.00 bits per heavy atom. The maximum Gasteiger partial charge on any atom is 0.252 e. The summed E-state index contributed by atoms with van der Waals surface area (Å²) in [6, 6.07) is 9.47. The summed E-state index contributed by atoms with van der Waals surface area (Å²) in [7, 11) is 0. The number of nitrogens with zero attached hydrogens (tertiary/aromatic N) is 1. The van der Waals surface area contributed by atoms with E-state index in [-0.39, 0.29) is 12.1 Å². The average Bonchev–Trinajstić information content (AvgIpc) is 2.43. The Hall–Kier alpha value is -1.00. The fraction of sp³-hybridized carbons (Fsp3) is 0.500. The van der Waals surface area contributed by atoms with Gasteiger partial charge in [0.25, 0.3) is 5.91 Å². The van der Waals surface area contributed by atoms with Crippen molar-refractivity contribution in [3.05, 3.63) is 35.9 Å². The zero-order valence-electron chi connectivity index (χ0n) is 10.3. The van der Waals surface area contributed by atoms with Gasteiger partial charge in [-0.25, -0.2) is 0 Å². The Bertz CT molecular complexity index is 423. The van der Waals surface area contributed by atoms with Gasteiger partial charge in [0.2, 0.25) is 0 Å². The third-order valence-electron chi connectivity index (χ3n) is 3.67. The summed E-state index contributed by atoms with van der Waals surface area (Å²) in [5.74, 6) is 1.06. The van der Waals surface area contributed by atoms with E-state index in [1.807, 2.05) is 42.1 Å². The molecule has 1 amide bonds. The quantitative estimate of drug-likeness (QED) is 0.884. The second kappa shape index (κ2) is 5.33. The molecule has 0 aromatic heterocycles. The van der Waals surface area contributed by atoms with Crippen LogP contribution < -0.4 is 5.32 Å². The monoisotopic (exact) mass is 262 g/mol. The van der Waals surface area contributed by atoms with E-state index in [1.54, 1.807) is 0 Å². The smallest absolute Gasteiger partial charge is 0.252 e. The Balaban J connectivity index is 1.64. The van der Waals surface area contributed by atoms with Crippen molar-refractivity contribution in [3.8, 4) is 0 Å². The molecule has 1 aromatic rings. The Morgan fingerprint density at radius 1 is 1.33 bits per heavy atom. The number of hydrogen-bond donors (Lipinski definition) is 1. The summed E-state index contributed by atoms with van der Waals surface area (Å²) >= 11 is 2.01. The highest BCUT2D eigenvalue weighted by molar-refractivity contribution is 8.00. The molecule has 1 N–H and O–H groups in total. The molecule has 0 aliphatic carbocycles. The van der Waals surface area contributed by atoms with Gasteiger partial charge in [-0.3, -0.25) is 9.69 Å². The van der Waals surface area contributed by atoms with E-state index < -0.39 is 0 Å². The van der Waals surface area contributed by atoms with Crippen molar-refractivity contribution in [2.45, 2.75) is 24.3 Å². The van der Waals surface area contributed by atoms with Crippen LogP contribution >= 0.6 is 11.8 Å². The minimum Gasteiger partial charge on any atom is -0.336 e. The van der Waals surface area contributed by atoms with Crippen LogP contribution in [0.5, 0.6) is 0 Å². The number of carbonyl (C=O) groups excluding carboxylic acids is 1. The first-order chi connectivity index (χ1) is 8.83. The molecule has 96 valence electrons. The number of amides is 1. The molecule has 2 bridgehead atoms. The molecule has 18 heavy (non-hydrogen) atoms. The summed E-state index contributed by atoms with van der Waals surface area (Å²) in [6.45, 7) is 2.25. The van der Waals surface area contributed by atoms with E-state index in [0.29, 0.717) is 0 Å². The van der Waals surface area contributed by atoms with Crippen LogP contribution in [0.4, 0.5) is 0 Å². The fourth-order valence-electron chi connectivity index (χ4n) is 2.68. The van der Waals surface area contributed by atoms with Crippen LogP contribution in [0.25, 0.3) is 0 Å². The molecular weight excluding hydrogens is 244 g/mol. The maximum atomic E-state index is 12.1. The van der Waals surface area contributed by atoms with Crippen molar-refractivity contribution in [2.24, 2.45) is 0 Å². The van der Waals surface area contributed by atoms with Crippen LogP contribution in [0, 0.1) is 0 Å². The lowest BCUT2D eigenvalue weighted by atomic mass is 10.1. The molecule has 0 saturated carbocycles. The number of thioether (sulfide) groups is 1. The predicted octanol–water partition coefficient (Wildman–Crippen LogP) is 1.95. The number of rotatable bonds is 2. The topological polar surface area (TPSA) is 32.3 Å². The van der Waals surface area contributed by atoms with E-state index in [9.17, 15) is 4.79 Å². The summed E-state index contributed by atoms with van der Waals surface area (Å²) in [5.41, 5.74) is 0.752. The van der Waals surface area contributed by atoms with Gasteiger partial charge in [-0.15, -0.1) is 0 Å². The van der Waals surface area contributed by atoms with E-state index in [1.165, 1.54) is 12.8 Å². The number of fused-ring (bicyclic) bond motifs is 2. The summed E-state index contributed by atoms with van der Waals surface area (Å²) in [4.78, 5) is 14.5. The summed E-state index contributed by atoms with van der Waals surface area (Å²) < 4.78 is 0. The maximum absolute atomic E-state index is 12.1. The molecule has 2 aliphatic rings. The molecule has 2 aliphatic heterocycles. The second-order valence-electron chi connectivity index (χ2n) is 4.95. The number of benzene rings is 1. The molecule has 2 saturated heterocycles. The van der Waals surface area contributed by atoms with Gasteiger partial charge in [0.1, 0.15) is 0 Å². The highest BCUT2D eigenvalue weighted by Crippen LogP contribution is 2.29. The molecule has 2 fully saturated rings. The van der Waals surface area contributed by atoms with Crippen LogP contribution in [0.2, 0.25) is 0 Å². The van der Waals surface area contributed by atoms with Crippen molar-refractivity contribution >= 4 is 17.7 Å². The van der Waals surface area contributed by atoms with E-state index in [2.05, 4.69) is 10.2 Å². The van der Waals surface area contributed by atoms with E-state index in [0.717, 1.165) is 29.7 Å². The zero-order chi connectivity index (χ0) is 12.4. The van der Waals surface area contributed by atoms with Crippen molar-refractivity contribution < 1.29 is 4.79 Å². The van der Waals surface area contributed by atoms with E-state index >= 15 is 0 Å². The van der Waals surface area contributed by atoms with Gasteiger partial charge in [-0.2, -0.15) is 11.8 Å². The largest absolute Gasteiger partial charge is 0.336 e. The molecule has 0 radical (unpaired) electrons. The minimum atomic E-state index is 0.0465. The lowest BCUT2D eigenvalue weighted by Crippen LogP contribution is -2.56. The molecule has 3 rings (SSSR count). The van der Waals surface area contributed by atoms with Crippen LogP contribution in [-0.2, 0) is 0 Å². The van der Waals surface area contributed by atoms with Crippen LogP contribution in [0.1, 0.15) is 23.2 Å². The molecule has 3 unspecified atom stereocenters. The van der Waals surface area contributed by atoms with E-state index in [4.69, 9.17) is 0 Å². The van der Waals surface area contributed by atoms with Crippen LogP contribution in [0.3, 0.4) is 0 Å². The summed E-state index contributed by atoms with van der Waals surface area (Å²) in [5, 5.41) is 3.94. The molecular formula is C14H18N2OS. The third kappa shape index (κ3) is 2.54. The normalized spacial score (nSPS) is 30.8. The van der Waals surface area contributed by atoms with Gasteiger partial charge in [-0.05, 0) is 25.0 Å². The Kier molecular flexibility index (Phi) is 3.57. The van der Waals surface area contributed by atoms with Gasteiger partial charge in [0.05, 0.1) is 6.17 Å². The second-order valence-corrected chi connectivity index (χ2v) is 6.28. The Labute approximate surface area is 112 Å². The minimum absolute atomic E-state index is 0.0465. The van der Waals surface area contributed by atoms with Crippen LogP contribution in [0.15, 0.2) is 30.3 Å². The van der Waals surface area contributed by atoms with Crippen molar-refractivity contribution in [3.63, 3.8) is 0 Å². The van der Waals surface area contributed by atoms with Gasteiger partial charge in [0.15, 0.2) is 0 Å². The lowest BCUT2D eigenvalue weighted by Gasteiger charge is -2.43. The first-order valence-corrected chi connectivity index (χ1v) is 7.59. The first-order valence-electron chi connectivity index (χ1n) is 6.54. The first kappa shape index (κ1) is 12.1. The third-order valence-corrected chi connectivity index (χ3v) is 5.04. The molecule has 3 atom stereocenters. The standard InChI is InChI=1S/C14H18N2OS/c17-14(11-5-2-1-3-6-11)15-13-10-18-12-7-4-8-16(13)9-12/h1-3,5-6,12-13H,4,7-10H2,(H,15,17). The number of nitrogens with one attached hydrogen (secondary N) is 1. The fourth-order valence-corrected chi connectivity index (χ4v) is 4.05. The number of hydrogen-bond acceptors (Lipinski definition) is 3. The molecule has 2 heterocycles. The van der Waals surface area contributed by atoms with Gasteiger partial charge >= 0.3 is 0 Å². The zero-order valence-corrected chi connectivity index (χ0v) is 11.2. The summed E-state index contributed by atoms with van der Waals surface area (Å²) in [6.07, 6.45) is 2.80. The van der Waals surface area contributed by atoms with Crippen LogP contribution in [-0.4, -0.2) is 41.1 Å². The van der Waals surface area contributed by atoms with Gasteiger partial charge < -0.3 is 5.32 Å². The number of piperidine rings is 1. The number of carbonyl (C=O) groups is 1. The van der Waals surface area contributed by atoms with Crippen molar-refractivity contribution in [2.75, 3.05) is 18.8 Å². The highest BCUT2D eigenvalue weighted by atomic mass is 32.2. The highest BCUT2D eigenvalue weighted by Gasteiger charge is 2.32. The van der Waals surface area contributed by atoms with Crippen molar-refractivity contribution in [1.29, 1.82) is 0 Å². The predicted molar refractivity (Wildman–Crippen MR) is 74.7 cm³/mol.